The molecule has 2 aromatic rings. The number of nitrogens with one attached hydrogen (secondary N) is 2. The van der Waals surface area contributed by atoms with Gasteiger partial charge in [0.25, 0.3) is 0 Å². The van der Waals surface area contributed by atoms with Crippen LogP contribution in [-0.2, 0) is 4.74 Å². The van der Waals surface area contributed by atoms with E-state index in [0.717, 1.165) is 16.5 Å². The normalized spacial score (nSPS) is 20.3. The predicted octanol–water partition coefficient (Wildman–Crippen LogP) is 1.95. The van der Waals surface area contributed by atoms with Gasteiger partial charge in [0.15, 0.2) is 0 Å². The van der Waals surface area contributed by atoms with Crippen molar-refractivity contribution in [2.45, 2.75) is 6.04 Å². The summed E-state index contributed by atoms with van der Waals surface area (Å²) in [5.41, 5.74) is 2.18. The van der Waals surface area contributed by atoms with Crippen molar-refractivity contribution in [3.8, 4) is 0 Å². The van der Waals surface area contributed by atoms with Gasteiger partial charge in [0, 0.05) is 11.7 Å². The average Bonchev–Trinajstić information content (AvgIpc) is 2.84. The van der Waals surface area contributed by atoms with Gasteiger partial charge < -0.3 is 15.0 Å². The summed E-state index contributed by atoms with van der Waals surface area (Å²) in [4.78, 5) is 14.0. The standard InChI is InChI=1S/C11H10N2O2/c14-11-13-10(6-15-11)7-1-2-9-8(5-7)3-4-12-9/h1-5,10,12H,6H2,(H,13,14)/t10-/m0/s1. The highest BCUT2D eigenvalue weighted by Crippen LogP contribution is 2.22. The molecule has 1 amide bonds. The van der Waals surface area contributed by atoms with Crippen LogP contribution in [0.25, 0.3) is 10.9 Å². The van der Waals surface area contributed by atoms with Crippen molar-refractivity contribution in [3.05, 3.63) is 36.0 Å². The minimum atomic E-state index is -0.339. The summed E-state index contributed by atoms with van der Waals surface area (Å²) in [5.74, 6) is 0. The third-order valence-electron chi connectivity index (χ3n) is 2.65. The fraction of sp³-hybridized carbons (Fsp3) is 0.182. The highest BCUT2D eigenvalue weighted by atomic mass is 16.6. The lowest BCUT2D eigenvalue weighted by molar-refractivity contribution is 0.177. The second-order valence-corrected chi connectivity index (χ2v) is 3.62. The van der Waals surface area contributed by atoms with Crippen LogP contribution in [0.4, 0.5) is 4.79 Å². The van der Waals surface area contributed by atoms with E-state index in [4.69, 9.17) is 4.74 Å². The van der Waals surface area contributed by atoms with E-state index in [1.54, 1.807) is 0 Å². The zero-order valence-corrected chi connectivity index (χ0v) is 7.99. The molecule has 0 unspecified atom stereocenters. The topological polar surface area (TPSA) is 54.1 Å². The van der Waals surface area contributed by atoms with Gasteiger partial charge in [-0.15, -0.1) is 0 Å². The second kappa shape index (κ2) is 3.02. The van der Waals surface area contributed by atoms with Gasteiger partial charge in [0.05, 0.1) is 6.04 Å². The van der Waals surface area contributed by atoms with Crippen LogP contribution in [0, 0.1) is 0 Å². The molecule has 1 aliphatic heterocycles. The van der Waals surface area contributed by atoms with Crippen LogP contribution < -0.4 is 5.32 Å². The molecule has 0 spiro atoms. The Labute approximate surface area is 86.2 Å². The lowest BCUT2D eigenvalue weighted by atomic mass is 10.1. The van der Waals surface area contributed by atoms with E-state index >= 15 is 0 Å². The second-order valence-electron chi connectivity index (χ2n) is 3.62. The molecule has 4 heteroatoms. The number of rotatable bonds is 1. The largest absolute Gasteiger partial charge is 0.447 e. The van der Waals surface area contributed by atoms with Crippen LogP contribution in [0.1, 0.15) is 11.6 Å². The number of hydrogen-bond donors (Lipinski definition) is 2. The Bertz CT molecular complexity index is 518. The fourth-order valence-corrected chi connectivity index (χ4v) is 1.85. The Balaban J connectivity index is 2.00. The average molecular weight is 202 g/mol. The van der Waals surface area contributed by atoms with Crippen molar-refractivity contribution in [3.63, 3.8) is 0 Å². The van der Waals surface area contributed by atoms with Crippen LogP contribution >= 0.6 is 0 Å². The summed E-state index contributed by atoms with van der Waals surface area (Å²) in [6.45, 7) is 0.411. The molecule has 76 valence electrons. The zero-order chi connectivity index (χ0) is 10.3. The zero-order valence-electron chi connectivity index (χ0n) is 7.99. The van der Waals surface area contributed by atoms with Crippen LogP contribution in [0.15, 0.2) is 30.5 Å². The molecule has 2 heterocycles. The minimum Gasteiger partial charge on any atom is -0.447 e. The lowest BCUT2D eigenvalue weighted by Gasteiger charge is -2.07. The third kappa shape index (κ3) is 1.34. The number of hydrogen-bond acceptors (Lipinski definition) is 2. The maximum Gasteiger partial charge on any atom is 0.407 e. The number of ether oxygens (including phenoxy) is 1. The van der Waals surface area contributed by atoms with E-state index in [0.29, 0.717) is 6.61 Å². The maximum absolute atomic E-state index is 10.9. The number of amides is 1. The van der Waals surface area contributed by atoms with Gasteiger partial charge in [-0.1, -0.05) is 6.07 Å². The summed E-state index contributed by atoms with van der Waals surface area (Å²) in [7, 11) is 0. The highest BCUT2D eigenvalue weighted by Gasteiger charge is 2.23. The molecular weight excluding hydrogens is 192 g/mol. The SMILES string of the molecule is O=C1N[C@H](c2ccc3[nH]ccc3c2)CO1. The number of carbonyl (C=O) groups is 1. The Morgan fingerprint density at radius 2 is 2.27 bits per heavy atom. The van der Waals surface area contributed by atoms with Gasteiger partial charge in [-0.25, -0.2) is 4.79 Å². The molecule has 0 saturated carbocycles. The summed E-state index contributed by atoms with van der Waals surface area (Å²) in [6, 6.07) is 8.06. The van der Waals surface area contributed by atoms with Gasteiger partial charge >= 0.3 is 6.09 Å². The van der Waals surface area contributed by atoms with Gasteiger partial charge in [-0.05, 0) is 29.1 Å². The molecule has 1 atom stereocenters. The molecule has 3 rings (SSSR count). The molecule has 1 aromatic carbocycles. The molecule has 1 aliphatic rings. The first-order valence-electron chi connectivity index (χ1n) is 4.83. The van der Waals surface area contributed by atoms with E-state index in [-0.39, 0.29) is 12.1 Å². The Hall–Kier alpha value is -1.97. The van der Waals surface area contributed by atoms with E-state index < -0.39 is 0 Å². The first kappa shape index (κ1) is 8.35. The molecule has 1 saturated heterocycles. The van der Waals surface area contributed by atoms with Crippen LogP contribution in [0.3, 0.4) is 0 Å². The van der Waals surface area contributed by atoms with Crippen molar-refractivity contribution in [1.82, 2.24) is 10.3 Å². The molecule has 1 aromatic heterocycles. The summed E-state index contributed by atoms with van der Waals surface area (Å²) >= 11 is 0. The monoisotopic (exact) mass is 202 g/mol. The minimum absolute atomic E-state index is 0.0169. The first-order valence-corrected chi connectivity index (χ1v) is 4.83. The smallest absolute Gasteiger partial charge is 0.407 e. The van der Waals surface area contributed by atoms with E-state index in [1.807, 2.05) is 24.4 Å². The number of benzene rings is 1. The molecule has 4 nitrogen and oxygen atoms in total. The van der Waals surface area contributed by atoms with Gasteiger partial charge in [0.2, 0.25) is 0 Å². The Morgan fingerprint density at radius 1 is 1.33 bits per heavy atom. The quantitative estimate of drug-likeness (QED) is 0.742. The Morgan fingerprint density at radius 3 is 3.07 bits per heavy atom. The summed E-state index contributed by atoms with van der Waals surface area (Å²) in [6.07, 6.45) is 1.56. The van der Waals surface area contributed by atoms with Gasteiger partial charge in [0.1, 0.15) is 6.61 Å². The van der Waals surface area contributed by atoms with Crippen molar-refractivity contribution >= 4 is 17.0 Å². The van der Waals surface area contributed by atoms with Crippen LogP contribution in [0.5, 0.6) is 0 Å². The molecule has 0 bridgehead atoms. The van der Waals surface area contributed by atoms with Crippen LogP contribution in [-0.4, -0.2) is 17.7 Å². The van der Waals surface area contributed by atoms with Crippen molar-refractivity contribution in [2.24, 2.45) is 0 Å². The number of alkyl carbamates (subject to hydrolysis) is 1. The molecule has 0 aliphatic carbocycles. The number of H-pyrrole nitrogens is 1. The van der Waals surface area contributed by atoms with Gasteiger partial charge in [-0.3, -0.25) is 0 Å². The third-order valence-corrected chi connectivity index (χ3v) is 2.65. The maximum atomic E-state index is 10.9. The summed E-state index contributed by atoms with van der Waals surface area (Å²) in [5, 5.41) is 3.90. The molecule has 2 N–H and O–H groups in total. The number of cyclic esters (lactones) is 1. The Kier molecular flexibility index (Phi) is 1.68. The number of aromatic nitrogens is 1. The van der Waals surface area contributed by atoms with Crippen molar-refractivity contribution in [2.75, 3.05) is 6.61 Å². The van der Waals surface area contributed by atoms with Crippen LogP contribution in [0.2, 0.25) is 0 Å². The van der Waals surface area contributed by atoms with E-state index in [1.165, 1.54) is 0 Å². The van der Waals surface area contributed by atoms with Crippen molar-refractivity contribution < 1.29 is 9.53 Å². The number of aromatic amines is 1. The molecule has 15 heavy (non-hydrogen) atoms. The van der Waals surface area contributed by atoms with E-state index in [2.05, 4.69) is 16.4 Å². The first-order chi connectivity index (χ1) is 7.33. The molecule has 1 fully saturated rings. The molecule has 0 radical (unpaired) electrons. The number of fused-ring (bicyclic) bond motifs is 1. The molecular formula is C11H10N2O2. The highest BCUT2D eigenvalue weighted by molar-refractivity contribution is 5.80. The lowest BCUT2D eigenvalue weighted by Crippen LogP contribution is -2.18. The van der Waals surface area contributed by atoms with Crippen molar-refractivity contribution in [1.29, 1.82) is 0 Å². The van der Waals surface area contributed by atoms with Gasteiger partial charge in [-0.2, -0.15) is 0 Å². The number of carbonyl (C=O) groups excluding carboxylic acids is 1. The van der Waals surface area contributed by atoms with E-state index in [9.17, 15) is 4.79 Å². The predicted molar refractivity (Wildman–Crippen MR) is 55.5 cm³/mol. The fourth-order valence-electron chi connectivity index (χ4n) is 1.85. The summed E-state index contributed by atoms with van der Waals surface area (Å²) < 4.78 is 4.86.